The molecule has 0 aromatic heterocycles. The van der Waals surface area contributed by atoms with Crippen LogP contribution in [0.15, 0.2) is 0 Å². The lowest BCUT2D eigenvalue weighted by atomic mass is 10.1. The Morgan fingerprint density at radius 2 is 0.844 bits per heavy atom. The van der Waals surface area contributed by atoms with Gasteiger partial charge in [0, 0.05) is 19.3 Å². The molecule has 3 nitrogen and oxygen atoms in total. The van der Waals surface area contributed by atoms with Gasteiger partial charge >= 0.3 is 8.80 Å². The first kappa shape index (κ1) is 34.2. The molecular weight excluding hydrogens is 419 g/mol. The van der Waals surface area contributed by atoms with E-state index < -0.39 is 15.2 Å². The fourth-order valence-electron chi connectivity index (χ4n) is 3.86. The maximum Gasteiger partial charge on any atom is 0.503 e. The molecule has 0 aromatic rings. The molecule has 0 saturated carbocycles. The highest BCUT2D eigenvalue weighted by molar-refractivity contribution is 6.60. The molecule has 196 valence electrons. The van der Waals surface area contributed by atoms with E-state index in [2.05, 4.69) is 20.8 Å². The fraction of sp³-hybridized carbons (Fsp3) is 1.00. The van der Waals surface area contributed by atoms with E-state index in [-0.39, 0.29) is 0 Å². The van der Waals surface area contributed by atoms with Gasteiger partial charge in [0.15, 0.2) is 6.36 Å². The van der Waals surface area contributed by atoms with E-state index in [4.69, 9.17) is 13.3 Å². The zero-order valence-corrected chi connectivity index (χ0v) is 23.8. The predicted octanol–water partition coefficient (Wildman–Crippen LogP) is 10.0. The van der Waals surface area contributed by atoms with Crippen molar-refractivity contribution in [3.63, 3.8) is 0 Å². The second-order valence-corrected chi connectivity index (χ2v) is 11.6. The first-order valence-corrected chi connectivity index (χ1v) is 16.0. The van der Waals surface area contributed by atoms with Gasteiger partial charge in [-0.3, -0.25) is 0 Å². The van der Waals surface area contributed by atoms with Crippen LogP contribution in [0.5, 0.6) is 0 Å². The molecule has 1 atom stereocenters. The van der Waals surface area contributed by atoms with Crippen molar-refractivity contribution in [1.29, 1.82) is 0 Å². The summed E-state index contributed by atoms with van der Waals surface area (Å²) in [6, 6.07) is 0.717. The Bertz CT molecular complexity index is 327. The SMILES string of the molecule is CCCCCCCCCCCCC.CCCCCCCC[Si](OCC)(OCC)OC(C)F. The van der Waals surface area contributed by atoms with Crippen molar-refractivity contribution in [3.8, 4) is 0 Å². The summed E-state index contributed by atoms with van der Waals surface area (Å²) in [6.45, 7) is 13.0. The van der Waals surface area contributed by atoms with Crippen molar-refractivity contribution >= 4 is 8.80 Å². The molecule has 0 amide bonds. The number of rotatable bonds is 23. The van der Waals surface area contributed by atoms with E-state index in [0.29, 0.717) is 13.2 Å². The van der Waals surface area contributed by atoms with Gasteiger partial charge in [0.05, 0.1) is 0 Å². The van der Waals surface area contributed by atoms with Crippen LogP contribution in [0.3, 0.4) is 0 Å². The molecule has 0 rings (SSSR count). The number of hydrogen-bond donors (Lipinski definition) is 0. The zero-order chi connectivity index (χ0) is 24.3. The molecule has 5 heteroatoms. The molecule has 0 radical (unpaired) electrons. The van der Waals surface area contributed by atoms with Gasteiger partial charge in [0.25, 0.3) is 0 Å². The van der Waals surface area contributed by atoms with E-state index in [0.717, 1.165) is 18.9 Å². The summed E-state index contributed by atoms with van der Waals surface area (Å²) in [5, 5.41) is 0. The molecule has 32 heavy (non-hydrogen) atoms. The summed E-state index contributed by atoms with van der Waals surface area (Å²) in [4.78, 5) is 0. The van der Waals surface area contributed by atoms with Gasteiger partial charge in [0.1, 0.15) is 0 Å². The minimum atomic E-state index is -2.80. The molecular formula is C27H59FO3Si. The molecule has 0 aliphatic carbocycles. The Hall–Kier alpha value is 0.0269. The van der Waals surface area contributed by atoms with Gasteiger partial charge in [-0.05, 0) is 27.2 Å². The Morgan fingerprint density at radius 1 is 0.531 bits per heavy atom. The molecule has 0 aliphatic rings. The maximum absolute atomic E-state index is 13.2. The first-order chi connectivity index (χ1) is 15.5. The van der Waals surface area contributed by atoms with Gasteiger partial charge in [0.2, 0.25) is 0 Å². The lowest BCUT2D eigenvalue weighted by Crippen LogP contribution is -2.47. The predicted molar refractivity (Wildman–Crippen MR) is 141 cm³/mol. The average molecular weight is 479 g/mol. The Labute approximate surface area is 202 Å². The summed E-state index contributed by atoms with van der Waals surface area (Å²) < 4.78 is 29.9. The molecule has 0 N–H and O–H groups in total. The number of unbranched alkanes of at least 4 members (excludes halogenated alkanes) is 15. The van der Waals surface area contributed by atoms with E-state index in [1.807, 2.05) is 13.8 Å². The third-order valence-corrected chi connectivity index (χ3v) is 8.72. The fourth-order valence-corrected chi connectivity index (χ4v) is 6.54. The van der Waals surface area contributed by atoms with Crippen molar-refractivity contribution < 1.29 is 17.7 Å². The van der Waals surface area contributed by atoms with Crippen LogP contribution in [-0.2, 0) is 13.3 Å². The van der Waals surface area contributed by atoms with Crippen LogP contribution in [0.25, 0.3) is 0 Å². The van der Waals surface area contributed by atoms with Crippen molar-refractivity contribution in [3.05, 3.63) is 0 Å². The van der Waals surface area contributed by atoms with Crippen LogP contribution >= 0.6 is 0 Å². The summed E-state index contributed by atoms with van der Waals surface area (Å²) in [5.74, 6) is 0. The minimum absolute atomic E-state index is 0.509. The second kappa shape index (κ2) is 27.3. The average Bonchev–Trinajstić information content (AvgIpc) is 2.75. The Balaban J connectivity index is 0. The maximum atomic E-state index is 13.2. The van der Waals surface area contributed by atoms with Gasteiger partial charge in [-0.25, -0.2) is 4.39 Å². The molecule has 0 spiro atoms. The summed E-state index contributed by atoms with van der Waals surface area (Å²) >= 11 is 0. The standard InChI is InChI=1S/C14H31FO3Si.C13H28/c1-5-8-9-10-11-12-13-19(16-6-2,17-7-3)18-14(4)15;1-3-5-7-9-11-13-12-10-8-6-4-2/h14H,5-13H2,1-4H3;3-13H2,1-2H3. The van der Waals surface area contributed by atoms with Gasteiger partial charge in [-0.2, -0.15) is 0 Å². The zero-order valence-electron chi connectivity index (χ0n) is 22.8. The quantitative estimate of drug-likeness (QED) is 0.108. The van der Waals surface area contributed by atoms with Crippen molar-refractivity contribution in [2.45, 2.75) is 163 Å². The molecule has 0 saturated heterocycles. The van der Waals surface area contributed by atoms with Crippen LogP contribution in [0.1, 0.15) is 151 Å². The van der Waals surface area contributed by atoms with E-state index >= 15 is 0 Å². The van der Waals surface area contributed by atoms with Crippen molar-refractivity contribution in [2.75, 3.05) is 13.2 Å². The lowest BCUT2D eigenvalue weighted by Gasteiger charge is -2.29. The first-order valence-electron chi connectivity index (χ1n) is 14.1. The van der Waals surface area contributed by atoms with Crippen LogP contribution in [0.4, 0.5) is 4.39 Å². The van der Waals surface area contributed by atoms with E-state index in [1.165, 1.54) is 103 Å². The van der Waals surface area contributed by atoms with Crippen LogP contribution in [0.2, 0.25) is 6.04 Å². The number of alkyl halides is 1. The molecule has 0 bridgehead atoms. The highest BCUT2D eigenvalue weighted by Gasteiger charge is 2.41. The monoisotopic (exact) mass is 478 g/mol. The van der Waals surface area contributed by atoms with Crippen LogP contribution in [0, 0.1) is 0 Å². The summed E-state index contributed by atoms with van der Waals surface area (Å²) in [6.07, 6.45) is 21.8. The van der Waals surface area contributed by atoms with E-state index in [1.54, 1.807) is 0 Å². The largest absolute Gasteiger partial charge is 0.503 e. The topological polar surface area (TPSA) is 27.7 Å². The van der Waals surface area contributed by atoms with Gasteiger partial charge in [-0.15, -0.1) is 0 Å². The minimum Gasteiger partial charge on any atom is -0.374 e. The normalized spacial score (nSPS) is 12.5. The van der Waals surface area contributed by atoms with Crippen molar-refractivity contribution in [2.24, 2.45) is 0 Å². The third-order valence-electron chi connectivity index (χ3n) is 5.61. The molecule has 0 heterocycles. The number of halogens is 1. The van der Waals surface area contributed by atoms with Gasteiger partial charge < -0.3 is 13.3 Å². The summed E-state index contributed by atoms with van der Waals surface area (Å²) in [7, 11) is -2.80. The van der Waals surface area contributed by atoms with Gasteiger partial charge in [-0.1, -0.05) is 124 Å². The molecule has 0 aliphatic heterocycles. The highest BCUT2D eigenvalue weighted by Crippen LogP contribution is 2.22. The molecule has 0 fully saturated rings. The lowest BCUT2D eigenvalue weighted by molar-refractivity contribution is -0.0157. The second-order valence-electron chi connectivity index (χ2n) is 8.91. The summed E-state index contributed by atoms with van der Waals surface area (Å²) in [5.41, 5.74) is 0. The molecule has 1 unspecified atom stereocenters. The smallest absolute Gasteiger partial charge is 0.374 e. The Morgan fingerprint density at radius 3 is 1.12 bits per heavy atom. The van der Waals surface area contributed by atoms with Crippen LogP contribution in [-0.4, -0.2) is 28.4 Å². The van der Waals surface area contributed by atoms with Crippen LogP contribution < -0.4 is 0 Å². The molecule has 0 aromatic carbocycles. The Kier molecular flexibility index (Phi) is 29.1. The number of hydrogen-bond acceptors (Lipinski definition) is 3. The highest BCUT2D eigenvalue weighted by atomic mass is 28.4. The third kappa shape index (κ3) is 24.7. The van der Waals surface area contributed by atoms with Crippen molar-refractivity contribution in [1.82, 2.24) is 0 Å². The van der Waals surface area contributed by atoms with E-state index in [9.17, 15) is 4.39 Å².